The summed E-state index contributed by atoms with van der Waals surface area (Å²) < 4.78 is 1.61. The van der Waals surface area contributed by atoms with Gasteiger partial charge in [-0.15, -0.1) is 12.4 Å². The molecule has 0 aromatic carbocycles. The van der Waals surface area contributed by atoms with Crippen molar-refractivity contribution in [3.8, 4) is 0 Å². The van der Waals surface area contributed by atoms with E-state index >= 15 is 0 Å². The maximum atomic E-state index is 12.2. The quantitative estimate of drug-likeness (QED) is 0.932. The number of halogens is 1. The molecule has 120 valence electrons. The van der Waals surface area contributed by atoms with Gasteiger partial charge in [-0.1, -0.05) is 6.07 Å². The van der Waals surface area contributed by atoms with Crippen LogP contribution in [0.4, 0.5) is 0 Å². The van der Waals surface area contributed by atoms with E-state index in [9.17, 15) is 4.79 Å². The van der Waals surface area contributed by atoms with Crippen molar-refractivity contribution in [2.45, 2.75) is 26.3 Å². The molecule has 6 heteroatoms. The molecule has 0 aliphatic carbocycles. The topological polar surface area (TPSA) is 63.6 Å². The first-order valence-electron chi connectivity index (χ1n) is 7.57. The van der Waals surface area contributed by atoms with Crippen LogP contribution in [-0.2, 0) is 6.54 Å². The zero-order valence-electron chi connectivity index (χ0n) is 12.9. The van der Waals surface area contributed by atoms with Crippen molar-refractivity contribution in [2.24, 2.45) is 11.7 Å². The predicted molar refractivity (Wildman–Crippen MR) is 90.5 cm³/mol. The zero-order valence-corrected chi connectivity index (χ0v) is 13.7. The molecular weight excluding hydrogens is 300 g/mol. The Bertz CT molecular complexity index is 700. The maximum absolute atomic E-state index is 12.2. The number of pyridine rings is 1. The van der Waals surface area contributed by atoms with E-state index in [4.69, 9.17) is 5.73 Å². The van der Waals surface area contributed by atoms with Crippen molar-refractivity contribution < 1.29 is 0 Å². The minimum Gasteiger partial charge on any atom is -0.330 e. The normalized spacial score (nSPS) is 19.1. The van der Waals surface area contributed by atoms with Crippen LogP contribution < -0.4 is 11.3 Å². The molecule has 2 N–H and O–H groups in total. The van der Waals surface area contributed by atoms with E-state index in [0.29, 0.717) is 5.92 Å². The summed E-state index contributed by atoms with van der Waals surface area (Å²) in [5.41, 5.74) is 8.39. The number of aromatic nitrogens is 2. The predicted octanol–water partition coefficient (Wildman–Crippen LogP) is 1.60. The van der Waals surface area contributed by atoms with Crippen LogP contribution in [0.3, 0.4) is 0 Å². The number of nitrogens with two attached hydrogens (primary N) is 1. The van der Waals surface area contributed by atoms with E-state index in [1.807, 2.05) is 25.3 Å². The smallest absolute Gasteiger partial charge is 0.258 e. The van der Waals surface area contributed by atoms with Gasteiger partial charge < -0.3 is 5.73 Å². The third kappa shape index (κ3) is 3.66. The SMILES string of the molecule is Cc1ccc2nc(CN3CCCC(CN)C3)cc(=O)n2c1.Cl. The van der Waals surface area contributed by atoms with Crippen LogP contribution in [0.15, 0.2) is 29.2 Å². The molecule has 0 amide bonds. The Kier molecular flexibility index (Phi) is 5.56. The van der Waals surface area contributed by atoms with E-state index in [1.165, 1.54) is 12.8 Å². The van der Waals surface area contributed by atoms with Gasteiger partial charge >= 0.3 is 0 Å². The number of fused-ring (bicyclic) bond motifs is 1. The van der Waals surface area contributed by atoms with E-state index < -0.39 is 0 Å². The lowest BCUT2D eigenvalue weighted by Crippen LogP contribution is -2.38. The number of hydrogen-bond acceptors (Lipinski definition) is 4. The second-order valence-corrected chi connectivity index (χ2v) is 6.00. The van der Waals surface area contributed by atoms with Crippen LogP contribution in [0.25, 0.3) is 5.65 Å². The third-order valence-electron chi connectivity index (χ3n) is 4.18. The summed E-state index contributed by atoms with van der Waals surface area (Å²) in [4.78, 5) is 19.2. The second kappa shape index (κ2) is 7.22. The van der Waals surface area contributed by atoms with Crippen molar-refractivity contribution in [3.63, 3.8) is 0 Å². The van der Waals surface area contributed by atoms with Gasteiger partial charge in [0.1, 0.15) is 5.65 Å². The zero-order chi connectivity index (χ0) is 14.8. The highest BCUT2D eigenvalue weighted by atomic mass is 35.5. The molecule has 1 atom stereocenters. The average Bonchev–Trinajstić information content (AvgIpc) is 2.48. The van der Waals surface area contributed by atoms with Crippen molar-refractivity contribution in [3.05, 3.63) is 46.0 Å². The molecule has 0 spiro atoms. The van der Waals surface area contributed by atoms with E-state index in [-0.39, 0.29) is 18.0 Å². The summed E-state index contributed by atoms with van der Waals surface area (Å²) in [6.07, 6.45) is 4.22. The van der Waals surface area contributed by atoms with Crippen molar-refractivity contribution in [1.29, 1.82) is 0 Å². The highest BCUT2D eigenvalue weighted by Gasteiger charge is 2.19. The Morgan fingerprint density at radius 3 is 3.00 bits per heavy atom. The molecule has 3 rings (SSSR count). The molecule has 1 aliphatic heterocycles. The molecule has 0 saturated carbocycles. The first-order chi connectivity index (χ1) is 10.2. The molecular formula is C16H23ClN4O. The Morgan fingerprint density at radius 1 is 1.41 bits per heavy atom. The van der Waals surface area contributed by atoms with Gasteiger partial charge in [0.25, 0.3) is 5.56 Å². The number of aryl methyl sites for hydroxylation is 1. The average molecular weight is 323 g/mol. The summed E-state index contributed by atoms with van der Waals surface area (Å²) in [6.45, 7) is 5.51. The molecule has 1 unspecified atom stereocenters. The fourth-order valence-electron chi connectivity index (χ4n) is 3.06. The standard InChI is InChI=1S/C16H22N4O.ClH/c1-12-4-5-15-18-14(7-16(21)20(15)9-12)11-19-6-2-3-13(8-17)10-19;/h4-5,7,9,13H,2-3,6,8,10-11,17H2,1H3;1H. The van der Waals surface area contributed by atoms with E-state index in [2.05, 4.69) is 9.88 Å². The second-order valence-electron chi connectivity index (χ2n) is 6.00. The summed E-state index contributed by atoms with van der Waals surface area (Å²) in [7, 11) is 0. The molecule has 0 bridgehead atoms. The maximum Gasteiger partial charge on any atom is 0.258 e. The fraction of sp³-hybridized carbons (Fsp3) is 0.500. The van der Waals surface area contributed by atoms with Gasteiger partial charge in [0, 0.05) is 25.4 Å². The lowest BCUT2D eigenvalue weighted by Gasteiger charge is -2.31. The molecule has 2 aromatic rings. The van der Waals surface area contributed by atoms with Crippen LogP contribution in [0.1, 0.15) is 24.1 Å². The van der Waals surface area contributed by atoms with Crippen LogP contribution >= 0.6 is 12.4 Å². The first kappa shape index (κ1) is 16.9. The number of piperidine rings is 1. The summed E-state index contributed by atoms with van der Waals surface area (Å²) >= 11 is 0. The lowest BCUT2D eigenvalue weighted by molar-refractivity contribution is 0.169. The Balaban J connectivity index is 0.00000176. The van der Waals surface area contributed by atoms with E-state index in [1.54, 1.807) is 10.5 Å². The van der Waals surface area contributed by atoms with Crippen molar-refractivity contribution >= 4 is 18.1 Å². The van der Waals surface area contributed by atoms with Crippen LogP contribution in [0.2, 0.25) is 0 Å². The minimum absolute atomic E-state index is 0. The van der Waals surface area contributed by atoms with Gasteiger partial charge in [-0.05, 0) is 50.4 Å². The Morgan fingerprint density at radius 2 is 2.23 bits per heavy atom. The number of nitrogens with zero attached hydrogens (tertiary/aromatic N) is 3. The van der Waals surface area contributed by atoms with Gasteiger partial charge in [-0.3, -0.25) is 14.1 Å². The molecule has 1 saturated heterocycles. The monoisotopic (exact) mass is 322 g/mol. The van der Waals surface area contributed by atoms with Crippen LogP contribution in [0.5, 0.6) is 0 Å². The van der Waals surface area contributed by atoms with E-state index in [0.717, 1.165) is 43.1 Å². The fourth-order valence-corrected chi connectivity index (χ4v) is 3.06. The van der Waals surface area contributed by atoms with Crippen LogP contribution in [0, 0.1) is 12.8 Å². The summed E-state index contributed by atoms with van der Waals surface area (Å²) in [6, 6.07) is 5.54. The highest BCUT2D eigenvalue weighted by molar-refractivity contribution is 5.85. The molecule has 2 aromatic heterocycles. The summed E-state index contributed by atoms with van der Waals surface area (Å²) in [5.74, 6) is 0.572. The molecule has 1 fully saturated rings. The Hall–Kier alpha value is -1.43. The number of likely N-dealkylation sites (tertiary alicyclic amines) is 1. The molecule has 3 heterocycles. The van der Waals surface area contributed by atoms with Gasteiger partial charge in [0.05, 0.1) is 5.69 Å². The molecule has 5 nitrogen and oxygen atoms in total. The van der Waals surface area contributed by atoms with Gasteiger partial charge in [0.2, 0.25) is 0 Å². The van der Waals surface area contributed by atoms with Crippen molar-refractivity contribution in [2.75, 3.05) is 19.6 Å². The Labute approximate surface area is 136 Å². The van der Waals surface area contributed by atoms with Crippen LogP contribution in [-0.4, -0.2) is 33.9 Å². The largest absolute Gasteiger partial charge is 0.330 e. The lowest BCUT2D eigenvalue weighted by atomic mass is 9.98. The summed E-state index contributed by atoms with van der Waals surface area (Å²) in [5, 5.41) is 0. The van der Waals surface area contributed by atoms with Gasteiger partial charge in [-0.2, -0.15) is 0 Å². The van der Waals surface area contributed by atoms with Gasteiger partial charge in [-0.25, -0.2) is 4.98 Å². The van der Waals surface area contributed by atoms with Gasteiger partial charge in [0.15, 0.2) is 0 Å². The number of hydrogen-bond donors (Lipinski definition) is 1. The minimum atomic E-state index is -0.00826. The molecule has 1 aliphatic rings. The highest BCUT2D eigenvalue weighted by Crippen LogP contribution is 2.17. The molecule has 22 heavy (non-hydrogen) atoms. The first-order valence-corrected chi connectivity index (χ1v) is 7.57. The third-order valence-corrected chi connectivity index (χ3v) is 4.18. The number of rotatable bonds is 3. The van der Waals surface area contributed by atoms with Crippen molar-refractivity contribution in [1.82, 2.24) is 14.3 Å². The molecule has 0 radical (unpaired) electrons.